The fraction of sp³-hybridized carbons (Fsp3) is 0.222. The summed E-state index contributed by atoms with van der Waals surface area (Å²) in [5, 5.41) is 0. The largest absolute Gasteiger partial charge is 0.465 e. The maximum atomic E-state index is 10.5. The van der Waals surface area contributed by atoms with E-state index in [1.807, 2.05) is 13.0 Å². The third-order valence-corrected chi connectivity index (χ3v) is 1.37. The lowest BCUT2D eigenvalue weighted by molar-refractivity contribution is -0.112. The van der Waals surface area contributed by atoms with Gasteiger partial charge in [0, 0.05) is 0 Å². The summed E-state index contributed by atoms with van der Waals surface area (Å²) in [5.74, 6) is 0.779. The number of ketones is 1. The zero-order chi connectivity index (χ0) is 8.27. The number of rotatable bonds is 2. The number of carbonyl (C=O) groups is 1. The van der Waals surface area contributed by atoms with Crippen LogP contribution in [-0.2, 0) is 4.79 Å². The van der Waals surface area contributed by atoms with Gasteiger partial charge in [0.2, 0.25) is 0 Å². The maximum Gasteiger partial charge on any atom is 0.152 e. The van der Waals surface area contributed by atoms with Crippen molar-refractivity contribution in [3.05, 3.63) is 29.7 Å². The van der Waals surface area contributed by atoms with Gasteiger partial charge in [0.25, 0.3) is 0 Å². The Hall–Kier alpha value is -1.31. The molecule has 0 aliphatic carbocycles. The van der Waals surface area contributed by atoms with Crippen molar-refractivity contribution in [1.29, 1.82) is 0 Å². The van der Waals surface area contributed by atoms with E-state index in [2.05, 4.69) is 0 Å². The van der Waals surface area contributed by atoms with Crippen LogP contribution in [0.25, 0.3) is 6.08 Å². The van der Waals surface area contributed by atoms with E-state index < -0.39 is 0 Å². The molecule has 1 aromatic heterocycles. The van der Waals surface area contributed by atoms with Crippen molar-refractivity contribution in [1.82, 2.24) is 0 Å². The Kier molecular flexibility index (Phi) is 2.26. The first-order chi connectivity index (χ1) is 5.20. The minimum Gasteiger partial charge on any atom is -0.465 e. The lowest BCUT2D eigenvalue weighted by atomic mass is 10.2. The number of hydrogen-bond donors (Lipinski definition) is 0. The van der Waals surface area contributed by atoms with Crippen LogP contribution >= 0.6 is 0 Å². The van der Waals surface area contributed by atoms with Crippen molar-refractivity contribution in [2.24, 2.45) is 0 Å². The Bertz CT molecular complexity index is 282. The highest BCUT2D eigenvalue weighted by molar-refractivity contribution is 5.91. The summed E-state index contributed by atoms with van der Waals surface area (Å²) in [4.78, 5) is 10.5. The average molecular weight is 150 g/mol. The van der Waals surface area contributed by atoms with Gasteiger partial charge >= 0.3 is 0 Å². The molecule has 0 spiro atoms. The van der Waals surface area contributed by atoms with Crippen LogP contribution in [0.4, 0.5) is 0 Å². The highest BCUT2D eigenvalue weighted by atomic mass is 16.3. The molecule has 0 saturated heterocycles. The van der Waals surface area contributed by atoms with E-state index in [4.69, 9.17) is 4.42 Å². The molecule has 11 heavy (non-hydrogen) atoms. The Morgan fingerprint density at radius 2 is 2.36 bits per heavy atom. The predicted molar refractivity (Wildman–Crippen MR) is 43.2 cm³/mol. The van der Waals surface area contributed by atoms with Gasteiger partial charge in [0.15, 0.2) is 5.78 Å². The van der Waals surface area contributed by atoms with Crippen molar-refractivity contribution >= 4 is 11.9 Å². The van der Waals surface area contributed by atoms with E-state index in [1.54, 1.807) is 12.3 Å². The van der Waals surface area contributed by atoms with E-state index in [1.165, 1.54) is 13.0 Å². The molecule has 0 atom stereocenters. The van der Waals surface area contributed by atoms with Gasteiger partial charge in [-0.25, -0.2) is 0 Å². The molecule has 0 aliphatic rings. The molecule has 0 aromatic carbocycles. The SMILES string of the molecule is CC(=O)/C=C/c1occc1C. The molecular weight excluding hydrogens is 140 g/mol. The van der Waals surface area contributed by atoms with Crippen molar-refractivity contribution in [2.45, 2.75) is 13.8 Å². The Morgan fingerprint density at radius 1 is 1.64 bits per heavy atom. The molecule has 1 rings (SSSR count). The minimum atomic E-state index is 0.0285. The molecule has 2 nitrogen and oxygen atoms in total. The molecular formula is C9H10O2. The van der Waals surface area contributed by atoms with Gasteiger partial charge in [-0.1, -0.05) is 0 Å². The van der Waals surface area contributed by atoms with Crippen LogP contribution in [0.5, 0.6) is 0 Å². The number of hydrogen-bond acceptors (Lipinski definition) is 2. The van der Waals surface area contributed by atoms with Crippen LogP contribution in [0.1, 0.15) is 18.2 Å². The van der Waals surface area contributed by atoms with Crippen LogP contribution in [0.2, 0.25) is 0 Å². The van der Waals surface area contributed by atoms with E-state index in [9.17, 15) is 4.79 Å². The summed E-state index contributed by atoms with van der Waals surface area (Å²) >= 11 is 0. The van der Waals surface area contributed by atoms with Crippen molar-refractivity contribution < 1.29 is 9.21 Å². The number of allylic oxidation sites excluding steroid dienone is 1. The molecule has 0 amide bonds. The smallest absolute Gasteiger partial charge is 0.152 e. The van der Waals surface area contributed by atoms with Gasteiger partial charge < -0.3 is 4.42 Å². The number of aryl methyl sites for hydroxylation is 1. The molecule has 0 aliphatic heterocycles. The number of furan rings is 1. The molecule has 1 aromatic rings. The second-order valence-corrected chi connectivity index (χ2v) is 2.41. The quantitative estimate of drug-likeness (QED) is 0.605. The molecule has 58 valence electrons. The highest BCUT2D eigenvalue weighted by Gasteiger charge is 1.95. The summed E-state index contributed by atoms with van der Waals surface area (Å²) in [5.41, 5.74) is 1.04. The van der Waals surface area contributed by atoms with E-state index in [-0.39, 0.29) is 5.78 Å². The molecule has 0 N–H and O–H groups in total. The van der Waals surface area contributed by atoms with Gasteiger partial charge in [0.05, 0.1) is 6.26 Å². The fourth-order valence-corrected chi connectivity index (χ4v) is 0.748. The molecule has 0 unspecified atom stereocenters. The van der Waals surface area contributed by atoms with Crippen LogP contribution in [0.3, 0.4) is 0 Å². The molecule has 0 bridgehead atoms. The molecule has 0 fully saturated rings. The second kappa shape index (κ2) is 3.19. The van der Waals surface area contributed by atoms with E-state index >= 15 is 0 Å². The zero-order valence-corrected chi connectivity index (χ0v) is 6.63. The fourth-order valence-electron chi connectivity index (χ4n) is 0.748. The minimum absolute atomic E-state index is 0.0285. The Balaban J connectivity index is 2.79. The zero-order valence-electron chi connectivity index (χ0n) is 6.63. The molecule has 1 heterocycles. The standard InChI is InChI=1S/C9H10O2/c1-7-5-6-11-9(7)4-3-8(2)10/h3-6H,1-2H3/b4-3+. The number of carbonyl (C=O) groups excluding carboxylic acids is 1. The second-order valence-electron chi connectivity index (χ2n) is 2.41. The van der Waals surface area contributed by atoms with Gasteiger partial charge in [-0.15, -0.1) is 0 Å². The van der Waals surface area contributed by atoms with Gasteiger partial charge in [-0.05, 0) is 37.6 Å². The third kappa shape index (κ3) is 2.08. The summed E-state index contributed by atoms with van der Waals surface area (Å²) in [6.45, 7) is 3.44. The van der Waals surface area contributed by atoms with Crippen LogP contribution in [-0.4, -0.2) is 5.78 Å². The average Bonchev–Trinajstić information content (AvgIpc) is 2.31. The normalized spacial score (nSPS) is 10.7. The highest BCUT2D eigenvalue weighted by Crippen LogP contribution is 2.09. The predicted octanol–water partition coefficient (Wildman–Crippen LogP) is 2.19. The van der Waals surface area contributed by atoms with Gasteiger partial charge in [-0.3, -0.25) is 4.79 Å². The summed E-state index contributed by atoms with van der Waals surface area (Å²) in [7, 11) is 0. The lowest BCUT2D eigenvalue weighted by Crippen LogP contribution is -1.79. The first kappa shape index (κ1) is 7.79. The van der Waals surface area contributed by atoms with Crippen molar-refractivity contribution in [3.63, 3.8) is 0 Å². The summed E-state index contributed by atoms with van der Waals surface area (Å²) < 4.78 is 5.08. The lowest BCUT2D eigenvalue weighted by Gasteiger charge is -1.85. The van der Waals surface area contributed by atoms with Crippen LogP contribution in [0, 0.1) is 6.92 Å². The summed E-state index contributed by atoms with van der Waals surface area (Å²) in [6, 6.07) is 1.86. The van der Waals surface area contributed by atoms with Crippen LogP contribution < -0.4 is 0 Å². The molecule has 0 saturated carbocycles. The molecule has 0 radical (unpaired) electrons. The Morgan fingerprint density at radius 3 is 2.82 bits per heavy atom. The first-order valence-electron chi connectivity index (χ1n) is 3.43. The topological polar surface area (TPSA) is 30.2 Å². The van der Waals surface area contributed by atoms with Gasteiger partial charge in [0.1, 0.15) is 5.76 Å². The van der Waals surface area contributed by atoms with Crippen LogP contribution in [0.15, 0.2) is 22.8 Å². The van der Waals surface area contributed by atoms with E-state index in [0.29, 0.717) is 0 Å². The monoisotopic (exact) mass is 150 g/mol. The van der Waals surface area contributed by atoms with Crippen molar-refractivity contribution in [3.8, 4) is 0 Å². The summed E-state index contributed by atoms with van der Waals surface area (Å²) in [6.07, 6.45) is 4.78. The van der Waals surface area contributed by atoms with Crippen molar-refractivity contribution in [2.75, 3.05) is 0 Å². The third-order valence-electron chi connectivity index (χ3n) is 1.37. The van der Waals surface area contributed by atoms with E-state index in [0.717, 1.165) is 11.3 Å². The Labute approximate surface area is 65.5 Å². The molecule has 2 heteroatoms. The first-order valence-corrected chi connectivity index (χ1v) is 3.43. The maximum absolute atomic E-state index is 10.5. The van der Waals surface area contributed by atoms with Gasteiger partial charge in [-0.2, -0.15) is 0 Å².